The fourth-order valence-corrected chi connectivity index (χ4v) is 3.99. The Balaban J connectivity index is 1.46. The lowest BCUT2D eigenvalue weighted by Gasteiger charge is -2.33. The number of amides is 1. The zero-order valence-corrected chi connectivity index (χ0v) is 14.8. The van der Waals surface area contributed by atoms with Crippen molar-refractivity contribution in [1.82, 2.24) is 20.3 Å². The first kappa shape index (κ1) is 16.0. The molecule has 1 N–H and O–H groups in total. The molecule has 0 aliphatic carbocycles. The van der Waals surface area contributed by atoms with Crippen LogP contribution in [0.25, 0.3) is 10.2 Å². The fraction of sp³-hybridized carbons (Fsp3) is 0.333. The topological polar surface area (TPSA) is 71.0 Å². The van der Waals surface area contributed by atoms with E-state index < -0.39 is 0 Å². The van der Waals surface area contributed by atoms with Crippen LogP contribution in [0, 0.1) is 6.92 Å². The van der Waals surface area contributed by atoms with E-state index in [2.05, 4.69) is 25.2 Å². The maximum absolute atomic E-state index is 12.6. The highest BCUT2D eigenvalue weighted by atomic mass is 32.1. The van der Waals surface area contributed by atoms with E-state index in [1.807, 2.05) is 31.2 Å². The number of aromatic nitrogens is 3. The maximum atomic E-state index is 12.6. The number of piperidine rings is 1. The van der Waals surface area contributed by atoms with Gasteiger partial charge >= 0.3 is 0 Å². The standard InChI is InChI=1S/C18H19N5OS/c1-12-21-15-10-13(5-6-16(15)25-12)17(24)22-14-4-2-9-23(11-14)18-19-7-3-8-20-18/h3,5-8,10,14H,2,4,9,11H2,1H3,(H,22,24). The lowest BCUT2D eigenvalue weighted by atomic mass is 10.1. The number of hydrogen-bond acceptors (Lipinski definition) is 6. The second kappa shape index (κ2) is 6.76. The number of thiazole rings is 1. The van der Waals surface area contributed by atoms with Gasteiger partial charge in [0.25, 0.3) is 5.91 Å². The van der Waals surface area contributed by atoms with Gasteiger partial charge in [0.2, 0.25) is 5.95 Å². The van der Waals surface area contributed by atoms with Crippen LogP contribution in [0.1, 0.15) is 28.2 Å². The fourth-order valence-electron chi connectivity index (χ4n) is 3.18. The van der Waals surface area contributed by atoms with E-state index in [-0.39, 0.29) is 11.9 Å². The molecule has 1 saturated heterocycles. The largest absolute Gasteiger partial charge is 0.348 e. The van der Waals surface area contributed by atoms with Gasteiger partial charge in [0.15, 0.2) is 0 Å². The van der Waals surface area contributed by atoms with Crippen LogP contribution in [0.4, 0.5) is 5.95 Å². The Bertz CT molecular complexity index is 895. The number of nitrogens with zero attached hydrogens (tertiary/aromatic N) is 4. The van der Waals surface area contributed by atoms with Crippen molar-refractivity contribution in [3.05, 3.63) is 47.2 Å². The molecule has 1 unspecified atom stereocenters. The van der Waals surface area contributed by atoms with Crippen molar-refractivity contribution >= 4 is 33.4 Å². The molecule has 1 aliphatic heterocycles. The van der Waals surface area contributed by atoms with Gasteiger partial charge in [-0.25, -0.2) is 15.0 Å². The molecule has 1 amide bonds. The minimum absolute atomic E-state index is 0.0478. The molecule has 4 rings (SSSR count). The second-order valence-electron chi connectivity index (χ2n) is 6.22. The Morgan fingerprint density at radius 3 is 3.00 bits per heavy atom. The normalized spacial score (nSPS) is 17.6. The summed E-state index contributed by atoms with van der Waals surface area (Å²) in [5, 5.41) is 4.16. The van der Waals surface area contributed by atoms with E-state index >= 15 is 0 Å². The van der Waals surface area contributed by atoms with Gasteiger partial charge in [-0.05, 0) is 44.0 Å². The average molecular weight is 353 g/mol. The summed E-state index contributed by atoms with van der Waals surface area (Å²) in [5.41, 5.74) is 1.55. The number of benzene rings is 1. The molecular formula is C18H19N5OS. The molecule has 2 aromatic heterocycles. The van der Waals surface area contributed by atoms with Gasteiger partial charge in [-0.1, -0.05) is 0 Å². The van der Waals surface area contributed by atoms with Crippen molar-refractivity contribution in [2.45, 2.75) is 25.8 Å². The molecule has 1 atom stereocenters. The summed E-state index contributed by atoms with van der Waals surface area (Å²) < 4.78 is 1.11. The predicted octanol–water partition coefficient (Wildman–Crippen LogP) is 2.79. The Morgan fingerprint density at radius 2 is 2.16 bits per heavy atom. The first-order chi connectivity index (χ1) is 12.2. The van der Waals surface area contributed by atoms with E-state index in [0.717, 1.165) is 47.1 Å². The zero-order chi connectivity index (χ0) is 17.2. The van der Waals surface area contributed by atoms with Crippen LogP contribution in [0.5, 0.6) is 0 Å². The molecule has 7 heteroatoms. The molecule has 0 bridgehead atoms. The lowest BCUT2D eigenvalue weighted by molar-refractivity contribution is 0.0933. The number of anilines is 1. The summed E-state index contributed by atoms with van der Waals surface area (Å²) in [6, 6.07) is 7.62. The lowest BCUT2D eigenvalue weighted by Crippen LogP contribution is -2.48. The van der Waals surface area contributed by atoms with Crippen LogP contribution >= 0.6 is 11.3 Å². The molecule has 6 nitrogen and oxygen atoms in total. The maximum Gasteiger partial charge on any atom is 0.251 e. The van der Waals surface area contributed by atoms with Crippen molar-refractivity contribution in [3.63, 3.8) is 0 Å². The first-order valence-electron chi connectivity index (χ1n) is 8.39. The monoisotopic (exact) mass is 353 g/mol. The Labute approximate surface area is 149 Å². The van der Waals surface area contributed by atoms with E-state index in [4.69, 9.17) is 0 Å². The number of rotatable bonds is 3. The molecule has 0 saturated carbocycles. The van der Waals surface area contributed by atoms with Gasteiger partial charge in [0.05, 0.1) is 15.2 Å². The molecule has 3 heterocycles. The molecule has 0 spiro atoms. The number of fused-ring (bicyclic) bond motifs is 1. The molecular weight excluding hydrogens is 334 g/mol. The SMILES string of the molecule is Cc1nc2cc(C(=O)NC3CCCN(c4ncccn4)C3)ccc2s1. The van der Waals surface area contributed by atoms with Gasteiger partial charge in [-0.3, -0.25) is 4.79 Å². The third-order valence-corrected chi connectivity index (χ3v) is 5.30. The second-order valence-corrected chi connectivity index (χ2v) is 7.46. The zero-order valence-electron chi connectivity index (χ0n) is 14.0. The quantitative estimate of drug-likeness (QED) is 0.784. The van der Waals surface area contributed by atoms with Gasteiger partial charge in [-0.2, -0.15) is 0 Å². The van der Waals surface area contributed by atoms with Crippen molar-refractivity contribution in [2.24, 2.45) is 0 Å². The third kappa shape index (κ3) is 3.46. The summed E-state index contributed by atoms with van der Waals surface area (Å²) in [6.45, 7) is 3.63. The van der Waals surface area contributed by atoms with Crippen LogP contribution in [0.15, 0.2) is 36.7 Å². The summed E-state index contributed by atoms with van der Waals surface area (Å²) >= 11 is 1.64. The summed E-state index contributed by atoms with van der Waals surface area (Å²) in [4.78, 5) is 27.8. The average Bonchev–Trinajstić information content (AvgIpc) is 3.02. The minimum atomic E-state index is -0.0478. The molecule has 0 radical (unpaired) electrons. The van der Waals surface area contributed by atoms with Gasteiger partial charge in [-0.15, -0.1) is 11.3 Å². The van der Waals surface area contributed by atoms with Gasteiger partial charge in [0.1, 0.15) is 0 Å². The molecule has 25 heavy (non-hydrogen) atoms. The van der Waals surface area contributed by atoms with Crippen molar-refractivity contribution in [3.8, 4) is 0 Å². The summed E-state index contributed by atoms with van der Waals surface area (Å²) in [7, 11) is 0. The number of hydrogen-bond donors (Lipinski definition) is 1. The van der Waals surface area contributed by atoms with Crippen molar-refractivity contribution in [1.29, 1.82) is 0 Å². The van der Waals surface area contributed by atoms with E-state index in [9.17, 15) is 4.79 Å². The van der Waals surface area contributed by atoms with E-state index in [1.54, 1.807) is 23.7 Å². The first-order valence-corrected chi connectivity index (χ1v) is 9.21. The highest BCUT2D eigenvalue weighted by Crippen LogP contribution is 2.23. The van der Waals surface area contributed by atoms with Crippen molar-refractivity contribution in [2.75, 3.05) is 18.0 Å². The molecule has 128 valence electrons. The highest BCUT2D eigenvalue weighted by molar-refractivity contribution is 7.18. The van der Waals surface area contributed by atoms with Crippen LogP contribution < -0.4 is 10.2 Å². The number of nitrogens with one attached hydrogen (secondary N) is 1. The Kier molecular flexibility index (Phi) is 4.31. The van der Waals surface area contributed by atoms with Crippen LogP contribution in [-0.4, -0.2) is 40.0 Å². The van der Waals surface area contributed by atoms with E-state index in [0.29, 0.717) is 5.56 Å². The predicted molar refractivity (Wildman–Crippen MR) is 99.1 cm³/mol. The smallest absolute Gasteiger partial charge is 0.251 e. The minimum Gasteiger partial charge on any atom is -0.348 e. The highest BCUT2D eigenvalue weighted by Gasteiger charge is 2.23. The molecule has 1 aliphatic rings. The molecule has 1 fully saturated rings. The summed E-state index contributed by atoms with van der Waals surface area (Å²) in [5.74, 6) is 0.675. The number of aryl methyl sites for hydroxylation is 1. The Morgan fingerprint density at radius 1 is 1.32 bits per heavy atom. The number of carbonyl (C=O) groups is 1. The molecule has 3 aromatic rings. The van der Waals surface area contributed by atoms with E-state index in [1.165, 1.54) is 0 Å². The summed E-state index contributed by atoms with van der Waals surface area (Å²) in [6.07, 6.45) is 5.46. The van der Waals surface area contributed by atoms with Gasteiger partial charge in [0, 0.05) is 37.1 Å². The number of carbonyl (C=O) groups excluding carboxylic acids is 1. The Hall–Kier alpha value is -2.54. The van der Waals surface area contributed by atoms with Gasteiger partial charge < -0.3 is 10.2 Å². The van der Waals surface area contributed by atoms with Crippen LogP contribution in [0.2, 0.25) is 0 Å². The molecule has 1 aromatic carbocycles. The third-order valence-electron chi connectivity index (χ3n) is 4.35. The van der Waals surface area contributed by atoms with Crippen LogP contribution in [-0.2, 0) is 0 Å². The van der Waals surface area contributed by atoms with Crippen molar-refractivity contribution < 1.29 is 4.79 Å². The van der Waals surface area contributed by atoms with Crippen LogP contribution in [0.3, 0.4) is 0 Å².